The minimum Gasteiger partial charge on any atom is -0.377 e. The average Bonchev–Trinajstić information content (AvgIpc) is 3.69. The van der Waals surface area contributed by atoms with Crippen LogP contribution in [0.1, 0.15) is 43.7 Å². The summed E-state index contributed by atoms with van der Waals surface area (Å²) >= 11 is 0. The Hall–Kier alpha value is -3.12. The summed E-state index contributed by atoms with van der Waals surface area (Å²) < 4.78 is 49.5. The van der Waals surface area contributed by atoms with Gasteiger partial charge in [0.15, 0.2) is 0 Å². The number of amides is 2. The van der Waals surface area contributed by atoms with Crippen LogP contribution in [0.4, 0.5) is 29.3 Å². The summed E-state index contributed by atoms with van der Waals surface area (Å²) in [7, 11) is 3.62. The molecule has 9 nitrogen and oxygen atoms in total. The molecule has 0 radical (unpaired) electrons. The number of aromatic nitrogens is 2. The van der Waals surface area contributed by atoms with Gasteiger partial charge in [-0.25, -0.2) is 4.79 Å². The molecule has 1 aromatic heterocycles. The summed E-state index contributed by atoms with van der Waals surface area (Å²) in [6.45, 7) is 4.09. The molecule has 2 unspecified atom stereocenters. The Labute approximate surface area is 237 Å². The van der Waals surface area contributed by atoms with Gasteiger partial charge in [0.25, 0.3) is 0 Å². The molecule has 0 N–H and O–H groups in total. The van der Waals surface area contributed by atoms with Gasteiger partial charge in [-0.2, -0.15) is 23.0 Å². The van der Waals surface area contributed by atoms with Crippen molar-refractivity contribution in [1.29, 1.82) is 0 Å². The largest absolute Gasteiger partial charge is 0.418 e. The van der Waals surface area contributed by atoms with E-state index in [1.807, 2.05) is 22.9 Å². The van der Waals surface area contributed by atoms with Crippen molar-refractivity contribution in [2.24, 2.45) is 11.8 Å². The van der Waals surface area contributed by atoms with Gasteiger partial charge in [0.05, 0.1) is 48.9 Å². The predicted octanol–water partition coefficient (Wildman–Crippen LogP) is 4.06. The number of hydrogen-bond donors (Lipinski definition) is 0. The Morgan fingerprint density at radius 1 is 1.07 bits per heavy atom. The lowest BCUT2D eigenvalue weighted by molar-refractivity contribution is -0.137. The lowest BCUT2D eigenvalue weighted by Gasteiger charge is -2.38. The Bertz CT molecular complexity index is 1280. The van der Waals surface area contributed by atoms with Gasteiger partial charge in [-0.3, -0.25) is 9.69 Å². The Morgan fingerprint density at radius 3 is 2.34 bits per heavy atom. The smallest absolute Gasteiger partial charge is 0.377 e. The van der Waals surface area contributed by atoms with Crippen molar-refractivity contribution >= 4 is 23.3 Å². The molecule has 12 heteroatoms. The van der Waals surface area contributed by atoms with E-state index >= 15 is 0 Å². The number of halogens is 3. The number of likely N-dealkylation sites (tertiary alicyclic amines) is 1. The number of rotatable bonds is 5. The lowest BCUT2D eigenvalue weighted by atomic mass is 10.0. The van der Waals surface area contributed by atoms with Crippen LogP contribution in [0.2, 0.25) is 0 Å². The van der Waals surface area contributed by atoms with Crippen molar-refractivity contribution in [2.75, 3.05) is 50.2 Å². The van der Waals surface area contributed by atoms with Gasteiger partial charge in [-0.15, -0.1) is 0 Å². The molecule has 2 amide bonds. The summed E-state index contributed by atoms with van der Waals surface area (Å²) in [6.07, 6.45) is 2.15. The van der Waals surface area contributed by atoms with Crippen LogP contribution >= 0.6 is 0 Å². The van der Waals surface area contributed by atoms with Crippen molar-refractivity contribution in [3.63, 3.8) is 0 Å². The molecule has 4 fully saturated rings. The molecule has 41 heavy (non-hydrogen) atoms. The Morgan fingerprint density at radius 2 is 1.73 bits per heavy atom. The monoisotopic (exact) mass is 574 g/mol. The van der Waals surface area contributed by atoms with Gasteiger partial charge >= 0.3 is 12.2 Å². The van der Waals surface area contributed by atoms with Gasteiger partial charge < -0.3 is 19.4 Å². The number of benzene rings is 1. The normalized spacial score (nSPS) is 27.5. The molecule has 4 heterocycles. The number of carbonyl (C=O) groups excluding carboxylic acids is 2. The summed E-state index contributed by atoms with van der Waals surface area (Å²) in [4.78, 5) is 32.0. The third-order valence-corrected chi connectivity index (χ3v) is 9.56. The second kappa shape index (κ2) is 10.6. The highest BCUT2D eigenvalue weighted by Gasteiger charge is 2.45. The van der Waals surface area contributed by atoms with Crippen LogP contribution in [-0.4, -0.2) is 90.0 Å². The first kappa shape index (κ1) is 28.0. The average molecular weight is 575 g/mol. The molecule has 1 saturated carbocycles. The van der Waals surface area contributed by atoms with Crippen molar-refractivity contribution < 1.29 is 27.5 Å². The van der Waals surface area contributed by atoms with E-state index in [9.17, 15) is 22.8 Å². The van der Waals surface area contributed by atoms with Crippen LogP contribution in [0.3, 0.4) is 0 Å². The van der Waals surface area contributed by atoms with Crippen LogP contribution in [0.5, 0.6) is 0 Å². The molecular formula is C29H37F3N6O3. The standard InChI is InChI=1S/C29H37F3N6O3/c1-18(39)35(3)25-11-33-37(15-25)28(40)36-13-20-9-24(10-21(20)14-36)34(2)12-19-4-7-27(26(8-19)29(30,31)32)38-22-5-6-23(38)17-41-16-22/h4,7-8,11,15,20-24H,5-6,9-10,12-14,16-17H2,1-3H3/t20-,21+,22?,23?,24-. The zero-order valence-electron chi connectivity index (χ0n) is 23.7. The first-order chi connectivity index (χ1) is 19.5. The lowest BCUT2D eigenvalue weighted by Crippen LogP contribution is -2.46. The number of hydrogen-bond acceptors (Lipinski definition) is 6. The van der Waals surface area contributed by atoms with Gasteiger partial charge in [0, 0.05) is 45.3 Å². The van der Waals surface area contributed by atoms with Crippen LogP contribution in [-0.2, 0) is 22.3 Å². The molecule has 3 aliphatic heterocycles. The molecule has 3 saturated heterocycles. The van der Waals surface area contributed by atoms with Crippen molar-refractivity contribution in [3.8, 4) is 0 Å². The fourth-order valence-electron chi connectivity index (χ4n) is 7.27. The fraction of sp³-hybridized carbons (Fsp3) is 0.621. The van der Waals surface area contributed by atoms with E-state index in [-0.39, 0.29) is 35.8 Å². The number of ether oxygens (including phenoxy) is 1. The molecular weight excluding hydrogens is 537 g/mol. The minimum atomic E-state index is -4.43. The zero-order valence-corrected chi connectivity index (χ0v) is 23.7. The number of anilines is 2. The number of morpholine rings is 1. The zero-order chi connectivity index (χ0) is 29.1. The maximum Gasteiger partial charge on any atom is 0.418 e. The molecule has 2 aromatic rings. The molecule has 0 spiro atoms. The summed E-state index contributed by atoms with van der Waals surface area (Å²) in [6, 6.07) is 4.87. The minimum absolute atomic E-state index is 0.00458. The third-order valence-electron chi connectivity index (χ3n) is 9.56. The van der Waals surface area contributed by atoms with Crippen molar-refractivity contribution in [1.82, 2.24) is 19.6 Å². The fourth-order valence-corrected chi connectivity index (χ4v) is 7.27. The highest BCUT2D eigenvalue weighted by molar-refractivity contribution is 5.91. The van der Waals surface area contributed by atoms with Gasteiger partial charge in [-0.05, 0) is 62.3 Å². The highest BCUT2D eigenvalue weighted by Crippen LogP contribution is 2.44. The summed E-state index contributed by atoms with van der Waals surface area (Å²) in [5, 5.41) is 4.15. The number of carbonyl (C=O) groups is 2. The first-order valence-electron chi connectivity index (χ1n) is 14.3. The van der Waals surface area contributed by atoms with E-state index in [0.29, 0.717) is 55.9 Å². The van der Waals surface area contributed by atoms with Crippen molar-refractivity contribution in [2.45, 2.75) is 63.5 Å². The summed E-state index contributed by atoms with van der Waals surface area (Å²) in [5.41, 5.74) is 0.932. The van der Waals surface area contributed by atoms with E-state index < -0.39 is 11.7 Å². The molecule has 6 rings (SSSR count). The number of alkyl halides is 3. The third kappa shape index (κ3) is 5.31. The van der Waals surface area contributed by atoms with Gasteiger partial charge in [0.1, 0.15) is 0 Å². The van der Waals surface area contributed by atoms with E-state index in [1.165, 1.54) is 28.8 Å². The topological polar surface area (TPSA) is 74.2 Å². The second-order valence-electron chi connectivity index (χ2n) is 12.1. The van der Waals surface area contributed by atoms with E-state index in [0.717, 1.165) is 25.7 Å². The molecule has 1 aromatic carbocycles. The first-order valence-corrected chi connectivity index (χ1v) is 14.3. The van der Waals surface area contributed by atoms with E-state index in [2.05, 4.69) is 10.00 Å². The van der Waals surface area contributed by atoms with Crippen molar-refractivity contribution in [3.05, 3.63) is 41.7 Å². The van der Waals surface area contributed by atoms with E-state index in [4.69, 9.17) is 4.74 Å². The Balaban J connectivity index is 1.08. The molecule has 5 atom stereocenters. The molecule has 1 aliphatic carbocycles. The predicted molar refractivity (Wildman–Crippen MR) is 147 cm³/mol. The highest BCUT2D eigenvalue weighted by atomic mass is 19.4. The van der Waals surface area contributed by atoms with Crippen LogP contribution in [0, 0.1) is 11.8 Å². The molecule has 4 aliphatic rings. The second-order valence-corrected chi connectivity index (χ2v) is 12.1. The Kier molecular flexibility index (Phi) is 7.25. The number of nitrogens with zero attached hydrogens (tertiary/aromatic N) is 6. The molecule has 2 bridgehead atoms. The maximum atomic E-state index is 14.2. The van der Waals surface area contributed by atoms with Crippen LogP contribution in [0.25, 0.3) is 0 Å². The molecule has 222 valence electrons. The SMILES string of the molecule is CC(=O)N(C)c1cnn(C(=O)N2C[C@H]3C[C@@H](N(C)Cc4ccc(N5C6CCC5COC6)c(C(F)(F)F)c4)C[C@H]3C2)c1. The number of fused-ring (bicyclic) bond motifs is 3. The maximum absolute atomic E-state index is 14.2. The summed E-state index contributed by atoms with van der Waals surface area (Å²) in [5.74, 6) is 0.537. The van der Waals surface area contributed by atoms with Gasteiger partial charge in [-0.1, -0.05) is 6.07 Å². The van der Waals surface area contributed by atoms with Crippen LogP contribution < -0.4 is 9.80 Å². The van der Waals surface area contributed by atoms with Gasteiger partial charge in [0.2, 0.25) is 5.91 Å². The van der Waals surface area contributed by atoms with E-state index in [1.54, 1.807) is 19.3 Å². The quantitative estimate of drug-likeness (QED) is 0.537. The van der Waals surface area contributed by atoms with Crippen LogP contribution in [0.15, 0.2) is 30.6 Å².